The Balaban J connectivity index is 2.41. The van der Waals surface area contributed by atoms with Crippen LogP contribution in [-0.2, 0) is 0 Å². The molecule has 1 rings (SSSR count). The third-order valence-electron chi connectivity index (χ3n) is 3.10. The molecule has 1 aromatic rings. The minimum Gasteiger partial charge on any atom is -0.357 e. The number of amides is 1. The second kappa shape index (κ2) is 9.82. The number of nitrogens with one attached hydrogen (secondary N) is 3. The minimum absolute atomic E-state index is 0.283. The fourth-order valence-electron chi connectivity index (χ4n) is 1.81. The lowest BCUT2D eigenvalue weighted by Crippen LogP contribution is -2.41. The van der Waals surface area contributed by atoms with Crippen LogP contribution in [0.4, 0.5) is 4.39 Å². The van der Waals surface area contributed by atoms with Crippen molar-refractivity contribution in [3.8, 4) is 0 Å². The van der Waals surface area contributed by atoms with Gasteiger partial charge in [0.2, 0.25) is 0 Å². The van der Waals surface area contributed by atoms with E-state index in [9.17, 15) is 9.18 Å². The van der Waals surface area contributed by atoms with Crippen LogP contribution in [0.25, 0.3) is 0 Å². The lowest BCUT2D eigenvalue weighted by Gasteiger charge is -2.12. The SMILES string of the molecule is CCNC(=NCC(C)C)NCCNC(=O)c1ccc(C)c(F)c1. The molecule has 0 spiro atoms. The lowest BCUT2D eigenvalue weighted by molar-refractivity contribution is 0.0954. The number of aryl methyl sites for hydroxylation is 1. The van der Waals surface area contributed by atoms with E-state index in [4.69, 9.17) is 0 Å². The maximum atomic E-state index is 13.5. The van der Waals surface area contributed by atoms with Gasteiger partial charge in [0, 0.05) is 31.7 Å². The highest BCUT2D eigenvalue weighted by atomic mass is 19.1. The molecule has 6 heteroatoms. The monoisotopic (exact) mass is 322 g/mol. The summed E-state index contributed by atoms with van der Waals surface area (Å²) in [6, 6.07) is 4.48. The number of aliphatic imine (C=N–C) groups is 1. The third kappa shape index (κ3) is 7.13. The highest BCUT2D eigenvalue weighted by molar-refractivity contribution is 5.94. The van der Waals surface area contributed by atoms with E-state index in [1.807, 2.05) is 6.92 Å². The molecule has 0 heterocycles. The molecule has 0 aliphatic carbocycles. The minimum atomic E-state index is -0.369. The van der Waals surface area contributed by atoms with Gasteiger partial charge >= 0.3 is 0 Å². The summed E-state index contributed by atoms with van der Waals surface area (Å²) in [5.41, 5.74) is 0.855. The highest BCUT2D eigenvalue weighted by Crippen LogP contribution is 2.08. The molecule has 0 aliphatic heterocycles. The fourth-order valence-corrected chi connectivity index (χ4v) is 1.81. The van der Waals surface area contributed by atoms with Gasteiger partial charge in [-0.15, -0.1) is 0 Å². The van der Waals surface area contributed by atoms with Crippen molar-refractivity contribution in [1.82, 2.24) is 16.0 Å². The van der Waals surface area contributed by atoms with Gasteiger partial charge in [0.15, 0.2) is 5.96 Å². The molecule has 0 aliphatic rings. The molecular weight excluding hydrogens is 295 g/mol. The molecule has 0 unspecified atom stereocenters. The summed E-state index contributed by atoms with van der Waals surface area (Å²) >= 11 is 0. The van der Waals surface area contributed by atoms with E-state index in [1.165, 1.54) is 6.07 Å². The summed E-state index contributed by atoms with van der Waals surface area (Å²) in [7, 11) is 0. The zero-order chi connectivity index (χ0) is 17.2. The Bertz CT molecular complexity index is 543. The van der Waals surface area contributed by atoms with Crippen LogP contribution in [0.2, 0.25) is 0 Å². The van der Waals surface area contributed by atoms with Crippen LogP contribution in [0.3, 0.4) is 0 Å². The molecule has 3 N–H and O–H groups in total. The molecule has 0 saturated carbocycles. The smallest absolute Gasteiger partial charge is 0.251 e. The van der Waals surface area contributed by atoms with Crippen molar-refractivity contribution in [1.29, 1.82) is 0 Å². The molecule has 23 heavy (non-hydrogen) atoms. The van der Waals surface area contributed by atoms with Gasteiger partial charge < -0.3 is 16.0 Å². The number of carbonyl (C=O) groups is 1. The van der Waals surface area contributed by atoms with Crippen molar-refractivity contribution in [2.75, 3.05) is 26.2 Å². The highest BCUT2D eigenvalue weighted by Gasteiger charge is 2.07. The number of hydrogen-bond acceptors (Lipinski definition) is 2. The molecular formula is C17H27FN4O. The normalized spacial score (nSPS) is 11.5. The first-order valence-corrected chi connectivity index (χ1v) is 8.00. The number of rotatable bonds is 7. The van der Waals surface area contributed by atoms with Gasteiger partial charge in [0.25, 0.3) is 5.91 Å². The predicted molar refractivity (Wildman–Crippen MR) is 92.3 cm³/mol. The second-order valence-corrected chi connectivity index (χ2v) is 5.76. The molecule has 0 fully saturated rings. The molecule has 0 saturated heterocycles. The van der Waals surface area contributed by atoms with E-state index in [2.05, 4.69) is 34.8 Å². The summed E-state index contributed by atoms with van der Waals surface area (Å²) in [4.78, 5) is 16.4. The molecule has 5 nitrogen and oxygen atoms in total. The summed E-state index contributed by atoms with van der Waals surface area (Å²) in [5.74, 6) is 0.569. The van der Waals surface area contributed by atoms with Gasteiger partial charge in [-0.3, -0.25) is 9.79 Å². The van der Waals surface area contributed by atoms with Crippen LogP contribution < -0.4 is 16.0 Å². The standard InChI is InChI=1S/C17H27FN4O/c1-5-19-17(22-11-12(2)3)21-9-8-20-16(23)14-7-6-13(4)15(18)10-14/h6-7,10,12H,5,8-9,11H2,1-4H3,(H,20,23)(H2,19,21,22). The lowest BCUT2D eigenvalue weighted by atomic mass is 10.1. The number of hydrogen-bond donors (Lipinski definition) is 3. The summed E-state index contributed by atoms with van der Waals surface area (Å²) in [5, 5.41) is 9.06. The Morgan fingerprint density at radius 3 is 2.52 bits per heavy atom. The van der Waals surface area contributed by atoms with Crippen molar-refractivity contribution in [3.63, 3.8) is 0 Å². The average molecular weight is 322 g/mol. The Morgan fingerprint density at radius 2 is 1.91 bits per heavy atom. The van der Waals surface area contributed by atoms with Crippen molar-refractivity contribution >= 4 is 11.9 Å². The van der Waals surface area contributed by atoms with E-state index < -0.39 is 0 Å². The second-order valence-electron chi connectivity index (χ2n) is 5.76. The van der Waals surface area contributed by atoms with Crippen molar-refractivity contribution in [3.05, 3.63) is 35.1 Å². The molecule has 1 aromatic carbocycles. The summed E-state index contributed by atoms with van der Waals surface area (Å²) < 4.78 is 13.5. The molecule has 0 atom stereocenters. The number of benzene rings is 1. The van der Waals surface area contributed by atoms with E-state index in [0.29, 0.717) is 30.1 Å². The topological polar surface area (TPSA) is 65.5 Å². The van der Waals surface area contributed by atoms with E-state index in [0.717, 1.165) is 19.0 Å². The van der Waals surface area contributed by atoms with E-state index in [-0.39, 0.29) is 11.7 Å². The maximum Gasteiger partial charge on any atom is 0.251 e. The van der Waals surface area contributed by atoms with Gasteiger partial charge in [-0.1, -0.05) is 19.9 Å². The van der Waals surface area contributed by atoms with Gasteiger partial charge in [0.1, 0.15) is 5.82 Å². The van der Waals surface area contributed by atoms with Crippen LogP contribution in [0.5, 0.6) is 0 Å². The van der Waals surface area contributed by atoms with Crippen LogP contribution >= 0.6 is 0 Å². The van der Waals surface area contributed by atoms with Crippen LogP contribution in [-0.4, -0.2) is 38.0 Å². The van der Waals surface area contributed by atoms with Crippen LogP contribution in [0.15, 0.2) is 23.2 Å². The molecule has 1 amide bonds. The summed E-state index contributed by atoms with van der Waals surface area (Å²) in [6.45, 7) is 10.4. The zero-order valence-electron chi connectivity index (χ0n) is 14.4. The first kappa shape index (κ1) is 18.9. The largest absolute Gasteiger partial charge is 0.357 e. The average Bonchev–Trinajstić information content (AvgIpc) is 2.51. The molecule has 128 valence electrons. The molecule has 0 aromatic heterocycles. The number of carbonyl (C=O) groups excluding carboxylic acids is 1. The van der Waals surface area contributed by atoms with Gasteiger partial charge in [0.05, 0.1) is 0 Å². The third-order valence-corrected chi connectivity index (χ3v) is 3.10. The fraction of sp³-hybridized carbons (Fsp3) is 0.529. The van der Waals surface area contributed by atoms with Crippen molar-refractivity contribution < 1.29 is 9.18 Å². The Hall–Kier alpha value is -2.11. The van der Waals surface area contributed by atoms with Gasteiger partial charge in [-0.2, -0.15) is 0 Å². The Kier molecular flexibility index (Phi) is 8.08. The van der Waals surface area contributed by atoms with E-state index in [1.54, 1.807) is 19.1 Å². The van der Waals surface area contributed by atoms with Crippen molar-refractivity contribution in [2.24, 2.45) is 10.9 Å². The molecule has 0 radical (unpaired) electrons. The molecule has 0 bridgehead atoms. The van der Waals surface area contributed by atoms with E-state index >= 15 is 0 Å². The Labute approximate surface area is 137 Å². The van der Waals surface area contributed by atoms with Gasteiger partial charge in [-0.25, -0.2) is 4.39 Å². The zero-order valence-corrected chi connectivity index (χ0v) is 14.4. The number of guanidine groups is 1. The van der Waals surface area contributed by atoms with Crippen LogP contribution in [0, 0.1) is 18.7 Å². The predicted octanol–water partition coefficient (Wildman–Crippen LogP) is 2.08. The first-order chi connectivity index (χ1) is 10.9. The quantitative estimate of drug-likeness (QED) is 0.409. The number of nitrogens with zero attached hydrogens (tertiary/aromatic N) is 1. The maximum absolute atomic E-state index is 13.5. The number of halogens is 1. The van der Waals surface area contributed by atoms with Crippen molar-refractivity contribution in [2.45, 2.75) is 27.7 Å². The van der Waals surface area contributed by atoms with Crippen LogP contribution in [0.1, 0.15) is 36.7 Å². The Morgan fingerprint density at radius 1 is 1.22 bits per heavy atom. The van der Waals surface area contributed by atoms with Gasteiger partial charge in [-0.05, 0) is 37.5 Å². The summed E-state index contributed by atoms with van der Waals surface area (Å²) in [6.07, 6.45) is 0. The first-order valence-electron chi connectivity index (χ1n) is 8.00.